The minimum absolute atomic E-state index is 0.0686. The molecule has 0 spiro atoms. The van der Waals surface area contributed by atoms with Gasteiger partial charge in [0.1, 0.15) is 5.71 Å². The summed E-state index contributed by atoms with van der Waals surface area (Å²) in [5.41, 5.74) is 4.99. The average Bonchev–Trinajstić information content (AvgIpc) is 2.78. The van der Waals surface area contributed by atoms with Crippen LogP contribution in [0.2, 0.25) is 0 Å². The molecule has 0 aromatic heterocycles. The smallest absolute Gasteiger partial charge is 0.335 e. The van der Waals surface area contributed by atoms with Crippen LogP contribution in [0.5, 0.6) is 0 Å². The number of carbonyl (C=O) groups is 2. The van der Waals surface area contributed by atoms with E-state index in [2.05, 4.69) is 17.5 Å². The van der Waals surface area contributed by atoms with Crippen LogP contribution in [0.3, 0.4) is 0 Å². The van der Waals surface area contributed by atoms with E-state index in [1.165, 1.54) is 36.8 Å². The summed E-state index contributed by atoms with van der Waals surface area (Å²) in [6.07, 6.45) is 2.02. The lowest BCUT2D eigenvalue weighted by Gasteiger charge is -2.09. The van der Waals surface area contributed by atoms with Crippen molar-refractivity contribution in [3.05, 3.63) is 76.5 Å². The van der Waals surface area contributed by atoms with Crippen LogP contribution in [0.25, 0.3) is 5.70 Å². The molecule has 0 aliphatic heterocycles. The number of aliphatic hydroxyl groups excluding tert-OH is 1. The number of carbonyl (C=O) groups excluding carboxylic acids is 1. The Kier molecular flexibility index (Phi) is 8.22. The van der Waals surface area contributed by atoms with Gasteiger partial charge in [0.05, 0.1) is 18.3 Å². The van der Waals surface area contributed by atoms with Crippen molar-refractivity contribution < 1.29 is 25.1 Å². The number of carboxylic acids is 1. The first-order chi connectivity index (χ1) is 14.8. The molecule has 0 fully saturated rings. The van der Waals surface area contributed by atoms with E-state index in [9.17, 15) is 14.7 Å². The van der Waals surface area contributed by atoms with Gasteiger partial charge < -0.3 is 15.5 Å². The van der Waals surface area contributed by atoms with Gasteiger partial charge in [0.25, 0.3) is 5.91 Å². The molecule has 6 N–H and O–H groups in total. The Balaban J connectivity index is 2.15. The van der Waals surface area contributed by atoms with Crippen LogP contribution in [0.1, 0.15) is 52.1 Å². The van der Waals surface area contributed by atoms with Crippen molar-refractivity contribution >= 4 is 29.0 Å². The molecule has 0 saturated carbocycles. The fourth-order valence-electron chi connectivity index (χ4n) is 2.91. The van der Waals surface area contributed by atoms with Gasteiger partial charge in [-0.2, -0.15) is 5.10 Å². The fraction of sp³-hybridized carbons (Fsp3) is 0.217. The summed E-state index contributed by atoms with van der Waals surface area (Å²) in [4.78, 5) is 23.1. The lowest BCUT2D eigenvalue weighted by atomic mass is 10.0. The number of amides is 1. The molecule has 0 aliphatic rings. The normalized spacial score (nSPS) is 12.2. The molecular formula is C23H27N4O4+. The quantitative estimate of drug-likeness (QED) is 0.240. The van der Waals surface area contributed by atoms with E-state index in [4.69, 9.17) is 10.5 Å². The van der Waals surface area contributed by atoms with E-state index >= 15 is 0 Å². The Morgan fingerprint density at radius 1 is 1.00 bits per heavy atom. The maximum absolute atomic E-state index is 12.2. The number of aromatic carboxylic acids is 1. The van der Waals surface area contributed by atoms with E-state index in [1.54, 1.807) is 12.4 Å². The molecule has 8 nitrogen and oxygen atoms in total. The number of hydrogen-bond acceptors (Lipinski definition) is 5. The average molecular weight is 423 g/mol. The van der Waals surface area contributed by atoms with E-state index < -0.39 is 11.9 Å². The predicted molar refractivity (Wildman–Crippen MR) is 120 cm³/mol. The Hall–Kier alpha value is -3.78. The molecule has 2 aromatic carbocycles. The molecule has 0 saturated heterocycles. The number of quaternary nitrogens is 1. The van der Waals surface area contributed by atoms with Gasteiger partial charge in [0.2, 0.25) is 5.76 Å². The van der Waals surface area contributed by atoms with Crippen LogP contribution in [-0.2, 0) is 6.42 Å². The number of hydrogen-bond donors (Lipinski definition) is 5. The third-order valence-corrected chi connectivity index (χ3v) is 4.67. The number of nitrogens with two attached hydrogens (primary N) is 1. The number of hydrazone groups is 1. The topological polar surface area (TPSA) is 139 Å². The zero-order chi connectivity index (χ0) is 23.0. The van der Waals surface area contributed by atoms with Crippen LogP contribution in [-0.4, -0.2) is 40.6 Å². The Morgan fingerprint density at radius 2 is 1.55 bits per heavy atom. The van der Waals surface area contributed by atoms with Gasteiger partial charge >= 0.3 is 5.97 Å². The summed E-state index contributed by atoms with van der Waals surface area (Å²) >= 11 is 0. The van der Waals surface area contributed by atoms with Crippen molar-refractivity contribution in [3.8, 4) is 0 Å². The molecular weight excluding hydrogens is 396 g/mol. The molecule has 0 atom stereocenters. The molecule has 2 aromatic rings. The van der Waals surface area contributed by atoms with Crippen molar-refractivity contribution in [3.63, 3.8) is 0 Å². The Bertz CT molecular complexity index is 1020. The van der Waals surface area contributed by atoms with Gasteiger partial charge in [-0.3, -0.25) is 10.2 Å². The first-order valence-corrected chi connectivity index (χ1v) is 9.87. The minimum Gasteiger partial charge on any atom is -0.501 e. The second-order valence-electron chi connectivity index (χ2n) is 6.89. The number of benzene rings is 2. The second kappa shape index (κ2) is 10.8. The zero-order valence-electron chi connectivity index (χ0n) is 17.8. The monoisotopic (exact) mass is 423 g/mol. The van der Waals surface area contributed by atoms with Crippen molar-refractivity contribution in [1.29, 1.82) is 5.41 Å². The van der Waals surface area contributed by atoms with Crippen LogP contribution in [0.15, 0.2) is 59.4 Å². The van der Waals surface area contributed by atoms with Gasteiger partial charge in [-0.1, -0.05) is 25.5 Å². The molecule has 0 radical (unpaired) electrons. The van der Waals surface area contributed by atoms with Gasteiger partial charge in [-0.05, 0) is 55.3 Å². The molecule has 0 unspecified atom stereocenters. The number of aryl methyl sites for hydroxylation is 1. The summed E-state index contributed by atoms with van der Waals surface area (Å²) in [5, 5.41) is 33.4. The third-order valence-electron chi connectivity index (χ3n) is 4.67. The van der Waals surface area contributed by atoms with E-state index in [1.807, 2.05) is 24.3 Å². The SMILES string of the molecule is CCCc1ccc(/C([NH2+]C)=C(\O)C(=N)/C(C)=N/NC(=O)c2ccc(C(=O)O)cc2)cc1. The van der Waals surface area contributed by atoms with Crippen molar-refractivity contribution in [1.82, 2.24) is 5.43 Å². The maximum atomic E-state index is 12.2. The van der Waals surface area contributed by atoms with Gasteiger partial charge in [0.15, 0.2) is 5.70 Å². The van der Waals surface area contributed by atoms with Crippen molar-refractivity contribution in [2.75, 3.05) is 7.05 Å². The number of nitrogens with one attached hydrogen (secondary N) is 2. The summed E-state index contributed by atoms with van der Waals surface area (Å²) in [7, 11) is 1.77. The molecule has 2 rings (SSSR count). The number of aliphatic hydroxyl groups is 1. The molecule has 8 heteroatoms. The highest BCUT2D eigenvalue weighted by Gasteiger charge is 2.18. The van der Waals surface area contributed by atoms with Gasteiger partial charge in [-0.25, -0.2) is 10.2 Å². The standard InChI is InChI=1S/C23H26N4O4/c1-4-5-15-6-8-16(9-7-15)20(25-3)21(28)19(24)14(2)26-27-22(29)17-10-12-18(13-11-17)23(30)31/h6-13,24-25,28H,4-5H2,1-3H3,(H,27,29)(H,30,31)/p+1/b21-20+,24-19?,26-14+. The number of carboxylic acid groups (broad SMARTS) is 1. The van der Waals surface area contributed by atoms with Gasteiger partial charge in [0, 0.05) is 11.1 Å². The fourth-order valence-corrected chi connectivity index (χ4v) is 2.91. The maximum Gasteiger partial charge on any atom is 0.335 e. The minimum atomic E-state index is -1.08. The summed E-state index contributed by atoms with van der Waals surface area (Å²) in [6, 6.07) is 13.2. The summed E-state index contributed by atoms with van der Waals surface area (Å²) in [6.45, 7) is 3.61. The summed E-state index contributed by atoms with van der Waals surface area (Å²) < 4.78 is 0. The highest BCUT2D eigenvalue weighted by molar-refractivity contribution is 6.46. The Labute approximate surface area is 180 Å². The molecule has 0 heterocycles. The van der Waals surface area contributed by atoms with E-state index in [0.29, 0.717) is 5.70 Å². The molecule has 1 amide bonds. The highest BCUT2D eigenvalue weighted by atomic mass is 16.4. The number of rotatable bonds is 9. The summed E-state index contributed by atoms with van der Waals surface area (Å²) in [5.74, 6) is -1.88. The van der Waals surface area contributed by atoms with Crippen LogP contribution in [0.4, 0.5) is 0 Å². The second-order valence-corrected chi connectivity index (χ2v) is 6.89. The van der Waals surface area contributed by atoms with Crippen LogP contribution >= 0.6 is 0 Å². The lowest BCUT2D eigenvalue weighted by Crippen LogP contribution is -2.76. The zero-order valence-corrected chi connectivity index (χ0v) is 17.8. The van der Waals surface area contributed by atoms with E-state index in [0.717, 1.165) is 18.4 Å². The molecule has 0 aliphatic carbocycles. The first kappa shape index (κ1) is 23.5. The lowest BCUT2D eigenvalue weighted by molar-refractivity contribution is -0.531. The van der Waals surface area contributed by atoms with Crippen LogP contribution < -0.4 is 10.7 Å². The largest absolute Gasteiger partial charge is 0.501 e. The van der Waals surface area contributed by atoms with E-state index in [-0.39, 0.29) is 28.3 Å². The molecule has 31 heavy (non-hydrogen) atoms. The predicted octanol–water partition coefficient (Wildman–Crippen LogP) is 2.58. The number of allylic oxidation sites excluding steroid dienone is 1. The highest BCUT2D eigenvalue weighted by Crippen LogP contribution is 2.14. The Morgan fingerprint density at radius 3 is 2.06 bits per heavy atom. The number of nitrogens with zero attached hydrogens (tertiary/aromatic N) is 1. The van der Waals surface area contributed by atoms with Crippen LogP contribution in [0, 0.1) is 5.41 Å². The third kappa shape index (κ3) is 6.10. The molecule has 162 valence electrons. The molecule has 0 bridgehead atoms. The first-order valence-electron chi connectivity index (χ1n) is 9.87. The van der Waals surface area contributed by atoms with Crippen molar-refractivity contribution in [2.24, 2.45) is 5.10 Å². The van der Waals surface area contributed by atoms with Gasteiger partial charge in [-0.15, -0.1) is 0 Å². The van der Waals surface area contributed by atoms with Crippen molar-refractivity contribution in [2.45, 2.75) is 26.7 Å².